The SMILES string of the molecule is CCNC(=NCc1ncnn1C)NC(C)CCCC(C)C.I. The van der Waals surface area contributed by atoms with Gasteiger partial charge in [0.1, 0.15) is 18.7 Å². The van der Waals surface area contributed by atoms with Gasteiger partial charge >= 0.3 is 0 Å². The molecule has 6 nitrogen and oxygen atoms in total. The molecule has 1 aromatic rings. The van der Waals surface area contributed by atoms with Crippen molar-refractivity contribution in [2.75, 3.05) is 6.54 Å². The normalized spacial score (nSPS) is 12.9. The van der Waals surface area contributed by atoms with E-state index in [2.05, 4.69) is 53.4 Å². The summed E-state index contributed by atoms with van der Waals surface area (Å²) in [6.45, 7) is 10.2. The minimum atomic E-state index is 0. The summed E-state index contributed by atoms with van der Waals surface area (Å²) >= 11 is 0. The number of hydrogen-bond donors (Lipinski definition) is 2. The van der Waals surface area contributed by atoms with Crippen LogP contribution in [0.1, 0.15) is 52.8 Å². The first-order valence-corrected chi connectivity index (χ1v) is 7.90. The Bertz CT molecular complexity index is 429. The van der Waals surface area contributed by atoms with Gasteiger partial charge < -0.3 is 10.6 Å². The molecule has 1 atom stereocenters. The lowest BCUT2D eigenvalue weighted by molar-refractivity contribution is 0.491. The quantitative estimate of drug-likeness (QED) is 0.384. The number of rotatable bonds is 8. The Morgan fingerprint density at radius 3 is 2.59 bits per heavy atom. The van der Waals surface area contributed by atoms with E-state index in [4.69, 9.17) is 0 Å². The Kier molecular flexibility index (Phi) is 11.2. The van der Waals surface area contributed by atoms with E-state index in [1.807, 2.05) is 7.05 Å². The second-order valence-electron chi connectivity index (χ2n) is 5.87. The first-order chi connectivity index (χ1) is 10.0. The van der Waals surface area contributed by atoms with Crippen LogP contribution < -0.4 is 10.6 Å². The summed E-state index contributed by atoms with van der Waals surface area (Å²) in [5, 5.41) is 10.8. The lowest BCUT2D eigenvalue weighted by atomic mass is 10.0. The first kappa shape index (κ1) is 21.1. The topological polar surface area (TPSA) is 67.1 Å². The number of aliphatic imine (C=N–C) groups is 1. The lowest BCUT2D eigenvalue weighted by Crippen LogP contribution is -2.42. The van der Waals surface area contributed by atoms with Crippen molar-refractivity contribution in [1.29, 1.82) is 0 Å². The van der Waals surface area contributed by atoms with Crippen molar-refractivity contribution < 1.29 is 0 Å². The van der Waals surface area contributed by atoms with Gasteiger partial charge in [0.2, 0.25) is 0 Å². The molecule has 0 saturated heterocycles. The summed E-state index contributed by atoms with van der Waals surface area (Å²) < 4.78 is 1.75. The number of guanidine groups is 1. The number of aromatic nitrogens is 3. The summed E-state index contributed by atoms with van der Waals surface area (Å²) in [5.41, 5.74) is 0. The van der Waals surface area contributed by atoms with Gasteiger partial charge in [-0.05, 0) is 26.2 Å². The molecule has 0 aliphatic carbocycles. The molecule has 0 spiro atoms. The third kappa shape index (κ3) is 8.55. The Morgan fingerprint density at radius 1 is 1.32 bits per heavy atom. The lowest BCUT2D eigenvalue weighted by Gasteiger charge is -2.18. The number of nitrogens with zero attached hydrogens (tertiary/aromatic N) is 4. The Balaban J connectivity index is 0.00000441. The van der Waals surface area contributed by atoms with Gasteiger partial charge in [-0.15, -0.1) is 24.0 Å². The van der Waals surface area contributed by atoms with Gasteiger partial charge in [-0.3, -0.25) is 4.68 Å². The Labute approximate surface area is 151 Å². The first-order valence-electron chi connectivity index (χ1n) is 7.90. The molecule has 0 bridgehead atoms. The zero-order valence-electron chi connectivity index (χ0n) is 14.5. The molecule has 128 valence electrons. The third-order valence-electron chi connectivity index (χ3n) is 3.33. The molecule has 0 saturated carbocycles. The maximum Gasteiger partial charge on any atom is 0.191 e. The summed E-state index contributed by atoms with van der Waals surface area (Å²) in [4.78, 5) is 8.76. The molecule has 7 heteroatoms. The van der Waals surface area contributed by atoms with Gasteiger partial charge in [0.05, 0.1) is 0 Å². The van der Waals surface area contributed by atoms with Crippen LogP contribution in [0, 0.1) is 5.92 Å². The van der Waals surface area contributed by atoms with Crippen molar-refractivity contribution in [3.05, 3.63) is 12.2 Å². The largest absolute Gasteiger partial charge is 0.357 e. The highest BCUT2D eigenvalue weighted by atomic mass is 127. The van der Waals surface area contributed by atoms with Crippen LogP contribution in [0.3, 0.4) is 0 Å². The molecule has 2 N–H and O–H groups in total. The molecule has 1 rings (SSSR count). The molecule has 22 heavy (non-hydrogen) atoms. The minimum absolute atomic E-state index is 0. The highest BCUT2D eigenvalue weighted by molar-refractivity contribution is 14.0. The zero-order chi connectivity index (χ0) is 15.7. The van der Waals surface area contributed by atoms with Crippen molar-refractivity contribution in [2.24, 2.45) is 18.0 Å². The predicted octanol–water partition coefficient (Wildman–Crippen LogP) is 2.70. The molecular weight excluding hydrogens is 391 g/mol. The van der Waals surface area contributed by atoms with Crippen molar-refractivity contribution >= 4 is 29.9 Å². The Morgan fingerprint density at radius 2 is 2.05 bits per heavy atom. The van der Waals surface area contributed by atoms with E-state index in [-0.39, 0.29) is 24.0 Å². The number of nitrogens with one attached hydrogen (secondary N) is 2. The summed E-state index contributed by atoms with van der Waals surface area (Å²) in [7, 11) is 1.88. The molecule has 1 aromatic heterocycles. The maximum atomic E-state index is 4.57. The fraction of sp³-hybridized carbons (Fsp3) is 0.800. The second-order valence-corrected chi connectivity index (χ2v) is 5.87. The average Bonchev–Trinajstić information content (AvgIpc) is 2.81. The van der Waals surface area contributed by atoms with Crippen LogP contribution in [-0.4, -0.2) is 33.3 Å². The molecular formula is C15H31IN6. The van der Waals surface area contributed by atoms with Crippen LogP contribution in [0.15, 0.2) is 11.3 Å². The highest BCUT2D eigenvalue weighted by Crippen LogP contribution is 2.08. The fourth-order valence-corrected chi connectivity index (χ4v) is 2.07. The molecule has 1 unspecified atom stereocenters. The number of hydrogen-bond acceptors (Lipinski definition) is 3. The van der Waals surface area contributed by atoms with Crippen LogP contribution in [0.4, 0.5) is 0 Å². The van der Waals surface area contributed by atoms with Crippen LogP contribution >= 0.6 is 24.0 Å². The molecule has 0 amide bonds. The number of halogens is 1. The summed E-state index contributed by atoms with van der Waals surface area (Å²) in [6, 6.07) is 0.418. The summed E-state index contributed by atoms with van der Waals surface area (Å²) in [5.74, 6) is 2.48. The van der Waals surface area contributed by atoms with Crippen LogP contribution in [0.25, 0.3) is 0 Å². The van der Waals surface area contributed by atoms with Gasteiger partial charge in [0.15, 0.2) is 5.96 Å². The monoisotopic (exact) mass is 422 g/mol. The number of aryl methyl sites for hydroxylation is 1. The molecule has 0 aliphatic heterocycles. The minimum Gasteiger partial charge on any atom is -0.357 e. The molecule has 0 radical (unpaired) electrons. The van der Waals surface area contributed by atoms with E-state index in [1.165, 1.54) is 12.8 Å². The third-order valence-corrected chi connectivity index (χ3v) is 3.33. The van der Waals surface area contributed by atoms with Gasteiger partial charge in [-0.25, -0.2) is 9.98 Å². The molecule has 1 heterocycles. The van der Waals surface area contributed by atoms with Crippen LogP contribution in [0.2, 0.25) is 0 Å². The van der Waals surface area contributed by atoms with Crippen molar-refractivity contribution in [2.45, 2.75) is 59.5 Å². The highest BCUT2D eigenvalue weighted by Gasteiger charge is 2.06. The van der Waals surface area contributed by atoms with Gasteiger partial charge in [-0.1, -0.05) is 26.7 Å². The van der Waals surface area contributed by atoms with Gasteiger partial charge in [-0.2, -0.15) is 5.10 Å². The van der Waals surface area contributed by atoms with Gasteiger partial charge in [0.25, 0.3) is 0 Å². The van der Waals surface area contributed by atoms with E-state index < -0.39 is 0 Å². The van der Waals surface area contributed by atoms with E-state index in [0.717, 1.165) is 30.7 Å². The average molecular weight is 422 g/mol. The fourth-order valence-electron chi connectivity index (χ4n) is 2.07. The van der Waals surface area contributed by atoms with Crippen LogP contribution in [0.5, 0.6) is 0 Å². The van der Waals surface area contributed by atoms with E-state index in [0.29, 0.717) is 12.6 Å². The summed E-state index contributed by atoms with van der Waals surface area (Å²) in [6.07, 6.45) is 5.24. The Hall–Kier alpha value is -0.860. The standard InChI is InChI=1S/C15H30N6.HI/c1-6-16-15(17-10-14-18-11-19-21(14)5)20-13(4)9-7-8-12(2)3;/h11-13H,6-10H2,1-5H3,(H2,16,17,20);1H. The van der Waals surface area contributed by atoms with E-state index in [9.17, 15) is 0 Å². The van der Waals surface area contributed by atoms with E-state index in [1.54, 1.807) is 11.0 Å². The van der Waals surface area contributed by atoms with Crippen molar-refractivity contribution in [1.82, 2.24) is 25.4 Å². The van der Waals surface area contributed by atoms with Crippen molar-refractivity contribution in [3.8, 4) is 0 Å². The zero-order valence-corrected chi connectivity index (χ0v) is 16.8. The van der Waals surface area contributed by atoms with E-state index >= 15 is 0 Å². The molecule has 0 aromatic carbocycles. The van der Waals surface area contributed by atoms with Gasteiger partial charge in [0, 0.05) is 19.6 Å². The smallest absolute Gasteiger partial charge is 0.191 e. The maximum absolute atomic E-state index is 4.57. The molecule has 0 aliphatic rings. The van der Waals surface area contributed by atoms with Crippen LogP contribution in [-0.2, 0) is 13.6 Å². The second kappa shape index (κ2) is 11.7. The molecule has 0 fully saturated rings. The van der Waals surface area contributed by atoms with Crippen molar-refractivity contribution in [3.63, 3.8) is 0 Å². The predicted molar refractivity (Wildman–Crippen MR) is 103 cm³/mol.